The molecule has 0 amide bonds. The van der Waals surface area contributed by atoms with Crippen LogP contribution in [0.3, 0.4) is 0 Å². The van der Waals surface area contributed by atoms with Crippen LogP contribution < -0.4 is 6.15 Å². The number of hydrogen-bond acceptors (Lipinski definition) is 3. The van der Waals surface area contributed by atoms with E-state index in [2.05, 4.69) is 6.92 Å². The SMILES string of the molecule is CCCCCCCCCCCCCCCCCCO.N.O=P(O)(O)O. The maximum absolute atomic E-state index is 8.88. The molecule has 0 rings (SSSR count). The average Bonchev–Trinajstić information content (AvgIpc) is 2.49. The predicted molar refractivity (Wildman–Crippen MR) is 106 cm³/mol. The molecule has 0 aromatic carbocycles. The van der Waals surface area contributed by atoms with Gasteiger partial charge in [0.1, 0.15) is 0 Å². The van der Waals surface area contributed by atoms with Crippen LogP contribution in [0.1, 0.15) is 110 Å². The molecular formula is C18H44NO5P. The lowest BCUT2D eigenvalue weighted by atomic mass is 10.0. The average molecular weight is 386 g/mol. The van der Waals surface area contributed by atoms with E-state index in [1.165, 1.54) is 96.3 Å². The number of aliphatic hydroxyl groups excluding tert-OH is 1. The second-order valence-electron chi connectivity index (χ2n) is 6.54. The second kappa shape index (κ2) is 24.0. The summed E-state index contributed by atoms with van der Waals surface area (Å²) in [6.07, 6.45) is 22.2. The minimum Gasteiger partial charge on any atom is -0.396 e. The lowest BCUT2D eigenvalue weighted by Gasteiger charge is -2.03. The predicted octanol–water partition coefficient (Wildman–Crippen LogP) is 5.47. The van der Waals surface area contributed by atoms with Crippen molar-refractivity contribution in [1.82, 2.24) is 6.15 Å². The first-order chi connectivity index (χ1) is 11.4. The minimum absolute atomic E-state index is 0. The van der Waals surface area contributed by atoms with Crippen molar-refractivity contribution in [3.8, 4) is 0 Å². The minimum atomic E-state index is -4.64. The highest BCUT2D eigenvalue weighted by atomic mass is 31.2. The number of hydrogen-bond donors (Lipinski definition) is 5. The Morgan fingerprint density at radius 2 is 0.760 bits per heavy atom. The zero-order valence-electron chi connectivity index (χ0n) is 16.4. The fraction of sp³-hybridized carbons (Fsp3) is 1.00. The molecule has 0 saturated carbocycles. The molecule has 0 aliphatic carbocycles. The Morgan fingerprint density at radius 3 is 0.960 bits per heavy atom. The zero-order valence-corrected chi connectivity index (χ0v) is 17.3. The molecule has 0 aliphatic heterocycles. The number of phosphoric acid groups is 1. The highest BCUT2D eigenvalue weighted by molar-refractivity contribution is 7.45. The molecule has 0 heterocycles. The van der Waals surface area contributed by atoms with Crippen molar-refractivity contribution in [2.45, 2.75) is 110 Å². The molecule has 0 bridgehead atoms. The molecule has 0 radical (unpaired) electrons. The van der Waals surface area contributed by atoms with Crippen molar-refractivity contribution in [3.63, 3.8) is 0 Å². The Morgan fingerprint density at radius 1 is 0.560 bits per heavy atom. The molecule has 0 aliphatic rings. The molecule has 0 aromatic rings. The van der Waals surface area contributed by atoms with Crippen LogP contribution in [-0.4, -0.2) is 26.4 Å². The van der Waals surface area contributed by atoms with E-state index < -0.39 is 7.82 Å². The van der Waals surface area contributed by atoms with E-state index in [4.69, 9.17) is 24.4 Å². The summed E-state index contributed by atoms with van der Waals surface area (Å²) in [6.45, 7) is 2.66. The number of rotatable bonds is 16. The van der Waals surface area contributed by atoms with Crippen molar-refractivity contribution < 1.29 is 24.4 Å². The maximum Gasteiger partial charge on any atom is 0.466 e. The monoisotopic (exact) mass is 385 g/mol. The molecule has 156 valence electrons. The summed E-state index contributed by atoms with van der Waals surface area (Å²) < 4.78 is 8.88. The topological polar surface area (TPSA) is 133 Å². The van der Waals surface area contributed by atoms with Gasteiger partial charge in [0.15, 0.2) is 0 Å². The zero-order chi connectivity index (χ0) is 18.5. The third kappa shape index (κ3) is 45.4. The standard InChI is InChI=1S/C18H38O.H3N.H3O4P/c1-2-3-4-5-6-7-8-9-10-11-12-13-14-15-16-17-18-19;;1-5(2,3)4/h19H,2-18H2,1H3;1H3;(H3,1,2,3,4). The summed E-state index contributed by atoms with van der Waals surface area (Å²) >= 11 is 0. The summed E-state index contributed by atoms with van der Waals surface area (Å²) in [5.74, 6) is 0. The van der Waals surface area contributed by atoms with E-state index in [0.29, 0.717) is 6.61 Å². The lowest BCUT2D eigenvalue weighted by Crippen LogP contribution is -1.85. The van der Waals surface area contributed by atoms with Crippen LogP contribution in [-0.2, 0) is 4.57 Å². The second-order valence-corrected chi connectivity index (χ2v) is 7.57. The van der Waals surface area contributed by atoms with Crippen molar-refractivity contribution in [2.24, 2.45) is 0 Å². The first-order valence-corrected chi connectivity index (χ1v) is 11.4. The molecule has 7 heteroatoms. The molecular weight excluding hydrogens is 341 g/mol. The van der Waals surface area contributed by atoms with E-state index in [-0.39, 0.29) is 6.15 Å². The Balaban J connectivity index is -0.000000704. The van der Waals surface area contributed by atoms with E-state index in [1.54, 1.807) is 0 Å². The fourth-order valence-electron chi connectivity index (χ4n) is 2.66. The third-order valence-corrected chi connectivity index (χ3v) is 4.01. The Hall–Kier alpha value is 0.0300. The van der Waals surface area contributed by atoms with Crippen molar-refractivity contribution in [1.29, 1.82) is 0 Å². The lowest BCUT2D eigenvalue weighted by molar-refractivity contribution is 0.275. The van der Waals surface area contributed by atoms with Gasteiger partial charge in [-0.25, -0.2) is 4.57 Å². The van der Waals surface area contributed by atoms with Crippen molar-refractivity contribution >= 4 is 7.82 Å². The summed E-state index contributed by atoms with van der Waals surface area (Å²) in [4.78, 5) is 21.6. The van der Waals surface area contributed by atoms with Crippen LogP contribution in [0.25, 0.3) is 0 Å². The van der Waals surface area contributed by atoms with Gasteiger partial charge in [0.05, 0.1) is 0 Å². The van der Waals surface area contributed by atoms with Gasteiger partial charge in [-0.15, -0.1) is 0 Å². The van der Waals surface area contributed by atoms with Gasteiger partial charge in [0.25, 0.3) is 0 Å². The summed E-state index contributed by atoms with van der Waals surface area (Å²) in [6, 6.07) is 0. The highest BCUT2D eigenvalue weighted by Crippen LogP contribution is 2.25. The fourth-order valence-corrected chi connectivity index (χ4v) is 2.66. The third-order valence-electron chi connectivity index (χ3n) is 4.01. The molecule has 0 atom stereocenters. The molecule has 0 spiro atoms. The normalized spacial score (nSPS) is 10.8. The first kappa shape index (κ1) is 29.8. The van der Waals surface area contributed by atoms with Crippen molar-refractivity contribution in [3.05, 3.63) is 0 Å². The first-order valence-electron chi connectivity index (χ1n) is 9.81. The van der Waals surface area contributed by atoms with Gasteiger partial charge < -0.3 is 25.9 Å². The van der Waals surface area contributed by atoms with Crippen LogP contribution >= 0.6 is 7.82 Å². The smallest absolute Gasteiger partial charge is 0.396 e. The van der Waals surface area contributed by atoms with Crippen LogP contribution in [0.15, 0.2) is 0 Å². The van der Waals surface area contributed by atoms with Gasteiger partial charge in [-0.2, -0.15) is 0 Å². The quantitative estimate of drug-likeness (QED) is 0.177. The van der Waals surface area contributed by atoms with Gasteiger partial charge >= 0.3 is 7.82 Å². The van der Waals surface area contributed by atoms with Gasteiger partial charge in [0.2, 0.25) is 0 Å². The van der Waals surface area contributed by atoms with Crippen LogP contribution in [0.2, 0.25) is 0 Å². The maximum atomic E-state index is 8.88. The molecule has 0 saturated heterocycles. The summed E-state index contributed by atoms with van der Waals surface area (Å²) in [5, 5.41) is 8.67. The Labute approximate surface area is 155 Å². The van der Waals surface area contributed by atoms with Gasteiger partial charge in [-0.1, -0.05) is 103 Å². The van der Waals surface area contributed by atoms with Crippen molar-refractivity contribution in [2.75, 3.05) is 6.61 Å². The Bertz CT molecular complexity index is 250. The van der Waals surface area contributed by atoms with E-state index in [1.807, 2.05) is 0 Å². The number of aliphatic hydroxyl groups is 1. The van der Waals surface area contributed by atoms with E-state index in [9.17, 15) is 0 Å². The van der Waals surface area contributed by atoms with Crippen LogP contribution in [0.4, 0.5) is 0 Å². The van der Waals surface area contributed by atoms with Crippen LogP contribution in [0.5, 0.6) is 0 Å². The van der Waals surface area contributed by atoms with Gasteiger partial charge in [-0.3, -0.25) is 0 Å². The van der Waals surface area contributed by atoms with E-state index >= 15 is 0 Å². The summed E-state index contributed by atoms with van der Waals surface area (Å²) in [5.41, 5.74) is 0. The van der Waals surface area contributed by atoms with E-state index in [0.717, 1.165) is 6.42 Å². The molecule has 7 N–H and O–H groups in total. The Kier molecular flexibility index (Phi) is 28.6. The van der Waals surface area contributed by atoms with Gasteiger partial charge in [-0.05, 0) is 6.42 Å². The molecule has 0 unspecified atom stereocenters. The largest absolute Gasteiger partial charge is 0.466 e. The number of unbranched alkanes of at least 4 members (excludes halogenated alkanes) is 15. The van der Waals surface area contributed by atoms with Gasteiger partial charge in [0, 0.05) is 6.61 Å². The molecule has 0 aromatic heterocycles. The molecule has 6 nitrogen and oxygen atoms in total. The molecule has 0 fully saturated rings. The van der Waals surface area contributed by atoms with Crippen LogP contribution in [0, 0.1) is 0 Å². The summed E-state index contributed by atoms with van der Waals surface area (Å²) in [7, 11) is -4.64. The highest BCUT2D eigenvalue weighted by Gasteiger charge is 2.00. The molecule has 25 heavy (non-hydrogen) atoms.